The SMILES string of the molecule is Cn1ncc2cc(N3C(=S)N(c4ccc(C#N)c(Cl)c4)C(=O)C3(C)C)ccc21. The minimum absolute atomic E-state index is 0.162. The summed E-state index contributed by atoms with van der Waals surface area (Å²) in [7, 11) is 1.88. The molecule has 0 aliphatic carbocycles. The minimum atomic E-state index is -0.882. The van der Waals surface area contributed by atoms with Crippen LogP contribution >= 0.6 is 23.8 Å². The Labute approximate surface area is 172 Å². The van der Waals surface area contributed by atoms with Crippen LogP contribution < -0.4 is 9.80 Å². The molecule has 0 saturated carbocycles. The van der Waals surface area contributed by atoms with Crippen LogP contribution in [0.25, 0.3) is 10.9 Å². The number of rotatable bonds is 2. The number of aryl methyl sites for hydroxylation is 1. The van der Waals surface area contributed by atoms with Crippen molar-refractivity contribution < 1.29 is 4.79 Å². The van der Waals surface area contributed by atoms with Crippen molar-refractivity contribution in [2.24, 2.45) is 7.05 Å². The van der Waals surface area contributed by atoms with Gasteiger partial charge in [0.05, 0.1) is 28.0 Å². The molecule has 2 heterocycles. The monoisotopic (exact) mass is 409 g/mol. The van der Waals surface area contributed by atoms with E-state index < -0.39 is 5.54 Å². The molecule has 1 aromatic heterocycles. The zero-order valence-corrected chi connectivity index (χ0v) is 17.0. The van der Waals surface area contributed by atoms with Crippen LogP contribution in [0.3, 0.4) is 0 Å². The zero-order chi connectivity index (χ0) is 20.2. The first-order valence-corrected chi connectivity index (χ1v) is 9.34. The van der Waals surface area contributed by atoms with E-state index in [0.717, 1.165) is 16.6 Å². The van der Waals surface area contributed by atoms with E-state index in [-0.39, 0.29) is 10.9 Å². The fourth-order valence-corrected chi connectivity index (χ4v) is 4.22. The average molecular weight is 410 g/mol. The Morgan fingerprint density at radius 1 is 1.18 bits per heavy atom. The first kappa shape index (κ1) is 18.4. The number of halogens is 1. The fourth-order valence-electron chi connectivity index (χ4n) is 3.48. The largest absolute Gasteiger partial charge is 0.304 e. The summed E-state index contributed by atoms with van der Waals surface area (Å²) in [5.41, 5.74) is 1.81. The quantitative estimate of drug-likeness (QED) is 0.598. The number of carbonyl (C=O) groups is 1. The molecule has 0 N–H and O–H groups in total. The zero-order valence-electron chi connectivity index (χ0n) is 15.5. The van der Waals surface area contributed by atoms with Crippen LogP contribution in [-0.2, 0) is 11.8 Å². The third kappa shape index (κ3) is 2.57. The molecule has 1 aliphatic rings. The van der Waals surface area contributed by atoms with Gasteiger partial charge in [0, 0.05) is 18.1 Å². The van der Waals surface area contributed by atoms with Crippen molar-refractivity contribution in [3.05, 3.63) is 53.2 Å². The van der Waals surface area contributed by atoms with E-state index in [1.807, 2.05) is 50.1 Å². The Morgan fingerprint density at radius 2 is 1.89 bits per heavy atom. The maximum absolute atomic E-state index is 13.2. The molecular weight excluding hydrogens is 394 g/mol. The lowest BCUT2D eigenvalue weighted by atomic mass is 10.0. The second kappa shape index (κ2) is 6.30. The van der Waals surface area contributed by atoms with Gasteiger partial charge in [-0.15, -0.1) is 0 Å². The number of carbonyl (C=O) groups excluding carboxylic acids is 1. The Hall–Kier alpha value is -2.95. The second-order valence-electron chi connectivity index (χ2n) is 7.10. The lowest BCUT2D eigenvalue weighted by molar-refractivity contribution is -0.120. The maximum Gasteiger partial charge on any atom is 0.259 e. The van der Waals surface area contributed by atoms with Gasteiger partial charge in [-0.05, 0) is 62.5 Å². The maximum atomic E-state index is 13.2. The second-order valence-corrected chi connectivity index (χ2v) is 7.88. The summed E-state index contributed by atoms with van der Waals surface area (Å²) >= 11 is 11.9. The van der Waals surface area contributed by atoms with Gasteiger partial charge in [-0.1, -0.05) is 11.6 Å². The van der Waals surface area contributed by atoms with E-state index in [1.54, 1.807) is 29.1 Å². The van der Waals surface area contributed by atoms with Gasteiger partial charge in [0.25, 0.3) is 5.91 Å². The molecule has 8 heteroatoms. The Kier molecular flexibility index (Phi) is 4.14. The third-order valence-electron chi connectivity index (χ3n) is 4.99. The summed E-state index contributed by atoms with van der Waals surface area (Å²) in [6.07, 6.45) is 1.78. The number of hydrogen-bond acceptors (Lipinski definition) is 4. The molecule has 0 bridgehead atoms. The van der Waals surface area contributed by atoms with E-state index in [9.17, 15) is 4.79 Å². The molecule has 0 unspecified atom stereocenters. The van der Waals surface area contributed by atoms with E-state index in [1.165, 1.54) is 4.90 Å². The first-order chi connectivity index (χ1) is 13.3. The van der Waals surface area contributed by atoms with Crippen molar-refractivity contribution in [3.63, 3.8) is 0 Å². The van der Waals surface area contributed by atoms with Crippen LogP contribution in [0.4, 0.5) is 11.4 Å². The lowest BCUT2D eigenvalue weighted by Crippen LogP contribution is -2.44. The number of nitriles is 1. The average Bonchev–Trinajstić information content (AvgIpc) is 3.10. The van der Waals surface area contributed by atoms with Crippen LogP contribution in [0.5, 0.6) is 0 Å². The summed E-state index contributed by atoms with van der Waals surface area (Å²) in [6.45, 7) is 3.67. The van der Waals surface area contributed by atoms with Crippen LogP contribution in [0.2, 0.25) is 5.02 Å². The van der Waals surface area contributed by atoms with Crippen molar-refractivity contribution in [3.8, 4) is 6.07 Å². The van der Waals surface area contributed by atoms with E-state index in [4.69, 9.17) is 29.1 Å². The van der Waals surface area contributed by atoms with E-state index in [2.05, 4.69) is 5.10 Å². The highest BCUT2D eigenvalue weighted by Gasteiger charge is 2.50. The highest BCUT2D eigenvalue weighted by atomic mass is 35.5. The summed E-state index contributed by atoms with van der Waals surface area (Å²) in [4.78, 5) is 16.5. The molecular formula is C20H16ClN5OS. The summed E-state index contributed by atoms with van der Waals surface area (Å²) in [5.74, 6) is -0.162. The predicted molar refractivity (Wildman–Crippen MR) is 114 cm³/mol. The Balaban J connectivity index is 1.80. The highest BCUT2D eigenvalue weighted by Crippen LogP contribution is 2.38. The van der Waals surface area contributed by atoms with Gasteiger partial charge < -0.3 is 4.90 Å². The number of amides is 1. The number of thiocarbonyl (C=S) groups is 1. The molecule has 0 spiro atoms. The number of benzene rings is 2. The minimum Gasteiger partial charge on any atom is -0.304 e. The van der Waals surface area contributed by atoms with Gasteiger partial charge in [0.1, 0.15) is 11.6 Å². The number of aromatic nitrogens is 2. The molecule has 0 atom stereocenters. The Bertz CT molecular complexity index is 1190. The lowest BCUT2D eigenvalue weighted by Gasteiger charge is -2.29. The standard InChI is InChI=1S/C20H16ClN5OS/c1-20(2)18(27)25(14-5-4-12(10-22)16(21)9-14)19(28)26(20)15-6-7-17-13(8-15)11-23-24(17)3/h4-9,11H,1-3H3. The number of fused-ring (bicyclic) bond motifs is 1. The van der Waals surface area contributed by atoms with Crippen LogP contribution in [0.1, 0.15) is 19.4 Å². The molecule has 1 amide bonds. The highest BCUT2D eigenvalue weighted by molar-refractivity contribution is 7.81. The van der Waals surface area contributed by atoms with E-state index >= 15 is 0 Å². The van der Waals surface area contributed by atoms with Gasteiger partial charge in [-0.3, -0.25) is 14.4 Å². The Morgan fingerprint density at radius 3 is 2.57 bits per heavy atom. The van der Waals surface area contributed by atoms with Crippen LogP contribution in [0, 0.1) is 11.3 Å². The molecule has 0 radical (unpaired) electrons. The molecule has 1 fully saturated rings. The molecule has 28 heavy (non-hydrogen) atoms. The van der Waals surface area contributed by atoms with Crippen molar-refractivity contribution >= 4 is 57.1 Å². The molecule has 4 rings (SSSR count). The number of hydrogen-bond donors (Lipinski definition) is 0. The van der Waals surface area contributed by atoms with Crippen molar-refractivity contribution in [2.45, 2.75) is 19.4 Å². The predicted octanol–water partition coefficient (Wildman–Crippen LogP) is 4.02. The molecule has 2 aromatic carbocycles. The van der Waals surface area contributed by atoms with Crippen LogP contribution in [0.15, 0.2) is 42.6 Å². The van der Waals surface area contributed by atoms with Crippen molar-refractivity contribution in [1.82, 2.24) is 9.78 Å². The summed E-state index contributed by atoms with van der Waals surface area (Å²) in [5, 5.41) is 15.0. The summed E-state index contributed by atoms with van der Waals surface area (Å²) in [6, 6.07) is 12.7. The number of nitrogens with zero attached hydrogens (tertiary/aromatic N) is 5. The first-order valence-electron chi connectivity index (χ1n) is 8.56. The number of anilines is 2. The smallest absolute Gasteiger partial charge is 0.259 e. The summed E-state index contributed by atoms with van der Waals surface area (Å²) < 4.78 is 1.79. The topological polar surface area (TPSA) is 65.2 Å². The molecule has 1 saturated heterocycles. The van der Waals surface area contributed by atoms with Gasteiger partial charge in [0.2, 0.25) is 0 Å². The normalized spacial score (nSPS) is 16.1. The van der Waals surface area contributed by atoms with Crippen molar-refractivity contribution in [2.75, 3.05) is 9.80 Å². The third-order valence-corrected chi connectivity index (χ3v) is 5.67. The molecule has 6 nitrogen and oxygen atoms in total. The molecule has 140 valence electrons. The van der Waals surface area contributed by atoms with Gasteiger partial charge in [-0.25, -0.2) is 0 Å². The van der Waals surface area contributed by atoms with Crippen LogP contribution in [-0.4, -0.2) is 26.3 Å². The van der Waals surface area contributed by atoms with E-state index in [0.29, 0.717) is 16.4 Å². The van der Waals surface area contributed by atoms with Crippen molar-refractivity contribution in [1.29, 1.82) is 5.26 Å². The van der Waals surface area contributed by atoms with Gasteiger partial charge >= 0.3 is 0 Å². The van der Waals surface area contributed by atoms with Gasteiger partial charge in [0.15, 0.2) is 5.11 Å². The molecule has 1 aliphatic heterocycles. The van der Waals surface area contributed by atoms with Gasteiger partial charge in [-0.2, -0.15) is 10.4 Å². The fraction of sp³-hybridized carbons (Fsp3) is 0.200. The molecule has 3 aromatic rings.